The van der Waals surface area contributed by atoms with Crippen molar-refractivity contribution in [2.24, 2.45) is 12.2 Å². The van der Waals surface area contributed by atoms with Crippen LogP contribution in [0.4, 0.5) is 0 Å². The Balaban J connectivity index is 2.79. The van der Waals surface area contributed by atoms with Crippen molar-refractivity contribution in [3.8, 4) is 0 Å². The minimum atomic E-state index is 0.295. The zero-order chi connectivity index (χ0) is 11.0. The zero-order valence-corrected chi connectivity index (χ0v) is 9.02. The highest BCUT2D eigenvalue weighted by Gasteiger charge is 2.09. The molecule has 2 aromatic heterocycles. The second-order valence-electron chi connectivity index (χ2n) is 3.19. The summed E-state index contributed by atoms with van der Waals surface area (Å²) < 4.78 is 1.66. The Morgan fingerprint density at radius 1 is 1.60 bits per heavy atom. The van der Waals surface area contributed by atoms with Gasteiger partial charge in [0.1, 0.15) is 5.15 Å². The van der Waals surface area contributed by atoms with Gasteiger partial charge in [-0.3, -0.25) is 4.68 Å². The molecule has 0 aliphatic heterocycles. The maximum absolute atomic E-state index is 8.45. The van der Waals surface area contributed by atoms with E-state index in [0.29, 0.717) is 16.4 Å². The summed E-state index contributed by atoms with van der Waals surface area (Å²) >= 11 is 5.91. The van der Waals surface area contributed by atoms with Crippen molar-refractivity contribution in [1.29, 1.82) is 0 Å². The maximum atomic E-state index is 8.45. The van der Waals surface area contributed by atoms with Gasteiger partial charge in [-0.1, -0.05) is 16.8 Å². The third-order valence-corrected chi connectivity index (χ3v) is 2.48. The summed E-state index contributed by atoms with van der Waals surface area (Å²) in [6.07, 6.45) is 1.25. The predicted octanol–water partition coefficient (Wildman–Crippen LogP) is 1.74. The van der Waals surface area contributed by atoms with E-state index in [1.165, 1.54) is 6.21 Å². The van der Waals surface area contributed by atoms with E-state index in [9.17, 15) is 0 Å². The molecule has 0 aliphatic rings. The molecule has 0 amide bonds. The normalized spacial score (nSPS) is 11.7. The van der Waals surface area contributed by atoms with E-state index < -0.39 is 0 Å². The summed E-state index contributed by atoms with van der Waals surface area (Å²) in [6, 6.07) is 1.80. The quantitative estimate of drug-likeness (QED) is 0.347. The molecule has 0 saturated heterocycles. The molecule has 0 spiro atoms. The predicted molar refractivity (Wildman–Crippen MR) is 57.6 cm³/mol. The number of rotatable bonds is 1. The van der Waals surface area contributed by atoms with Crippen LogP contribution in [0.3, 0.4) is 0 Å². The summed E-state index contributed by atoms with van der Waals surface area (Å²) in [5.41, 5.74) is 2.15. The van der Waals surface area contributed by atoms with Gasteiger partial charge in [-0.25, -0.2) is 4.98 Å². The van der Waals surface area contributed by atoms with E-state index in [1.54, 1.807) is 17.8 Å². The van der Waals surface area contributed by atoms with Crippen LogP contribution in [0.25, 0.3) is 11.0 Å². The van der Waals surface area contributed by atoms with Crippen molar-refractivity contribution in [3.05, 3.63) is 22.5 Å². The average Bonchev–Trinajstić information content (AvgIpc) is 2.44. The standard InChI is InChI=1S/C9H9ClN4O/c1-5-7-3-6(4-11-15)8(10)12-9(7)14(2)13-5/h3-4,15H,1-2H3. The van der Waals surface area contributed by atoms with Crippen molar-refractivity contribution >= 4 is 28.8 Å². The lowest BCUT2D eigenvalue weighted by Gasteiger charge is -1.98. The number of nitrogens with zero attached hydrogens (tertiary/aromatic N) is 4. The molecule has 0 saturated carbocycles. The monoisotopic (exact) mass is 224 g/mol. The van der Waals surface area contributed by atoms with E-state index in [-0.39, 0.29) is 0 Å². The number of pyridine rings is 1. The first kappa shape index (κ1) is 9.92. The summed E-state index contributed by atoms with van der Waals surface area (Å²) in [5, 5.41) is 16.8. The highest BCUT2D eigenvalue weighted by atomic mass is 35.5. The Kier molecular flexibility index (Phi) is 2.32. The van der Waals surface area contributed by atoms with Gasteiger partial charge < -0.3 is 5.21 Å². The van der Waals surface area contributed by atoms with Crippen LogP contribution in [-0.2, 0) is 7.05 Å². The Morgan fingerprint density at radius 2 is 2.33 bits per heavy atom. The second-order valence-corrected chi connectivity index (χ2v) is 3.55. The Hall–Kier alpha value is -1.62. The van der Waals surface area contributed by atoms with Gasteiger partial charge in [0.15, 0.2) is 5.65 Å². The number of hydrogen-bond acceptors (Lipinski definition) is 4. The van der Waals surface area contributed by atoms with Gasteiger partial charge in [0.05, 0.1) is 11.9 Å². The first-order valence-corrected chi connectivity index (χ1v) is 4.68. The fourth-order valence-corrected chi connectivity index (χ4v) is 1.67. The average molecular weight is 225 g/mol. The summed E-state index contributed by atoms with van der Waals surface area (Å²) in [4.78, 5) is 4.18. The molecule has 1 N–H and O–H groups in total. The van der Waals surface area contributed by atoms with Crippen molar-refractivity contribution in [2.45, 2.75) is 6.92 Å². The smallest absolute Gasteiger partial charge is 0.159 e. The van der Waals surface area contributed by atoms with Crippen LogP contribution < -0.4 is 0 Å². The molecule has 0 atom stereocenters. The van der Waals surface area contributed by atoms with Gasteiger partial charge in [-0.15, -0.1) is 0 Å². The van der Waals surface area contributed by atoms with E-state index in [4.69, 9.17) is 16.8 Å². The molecule has 0 fully saturated rings. The van der Waals surface area contributed by atoms with Crippen LogP contribution in [0, 0.1) is 6.92 Å². The highest BCUT2D eigenvalue weighted by molar-refractivity contribution is 6.32. The van der Waals surface area contributed by atoms with E-state index in [0.717, 1.165) is 11.1 Å². The fraction of sp³-hybridized carbons (Fsp3) is 0.222. The molecule has 6 heteroatoms. The molecule has 15 heavy (non-hydrogen) atoms. The van der Waals surface area contributed by atoms with E-state index in [1.807, 2.05) is 6.92 Å². The van der Waals surface area contributed by atoms with Crippen molar-refractivity contribution in [1.82, 2.24) is 14.8 Å². The van der Waals surface area contributed by atoms with Crippen molar-refractivity contribution in [3.63, 3.8) is 0 Å². The molecular weight excluding hydrogens is 216 g/mol. The van der Waals surface area contributed by atoms with Crippen LogP contribution >= 0.6 is 11.6 Å². The van der Waals surface area contributed by atoms with Crippen LogP contribution in [-0.4, -0.2) is 26.2 Å². The van der Waals surface area contributed by atoms with Gasteiger partial charge in [0.25, 0.3) is 0 Å². The molecule has 0 unspecified atom stereocenters. The Morgan fingerprint density at radius 3 is 3.00 bits per heavy atom. The van der Waals surface area contributed by atoms with Crippen molar-refractivity contribution < 1.29 is 5.21 Å². The molecule has 2 aromatic rings. The number of oxime groups is 1. The molecule has 2 heterocycles. The number of hydrogen-bond donors (Lipinski definition) is 1. The summed E-state index contributed by atoms with van der Waals surface area (Å²) in [6.45, 7) is 1.89. The lowest BCUT2D eigenvalue weighted by atomic mass is 10.2. The largest absolute Gasteiger partial charge is 0.411 e. The lowest BCUT2D eigenvalue weighted by molar-refractivity contribution is 0.322. The third-order valence-electron chi connectivity index (χ3n) is 2.18. The van der Waals surface area contributed by atoms with Crippen LogP contribution in [0.15, 0.2) is 11.2 Å². The first-order chi connectivity index (χ1) is 7.13. The van der Waals surface area contributed by atoms with Crippen LogP contribution in [0.2, 0.25) is 5.15 Å². The minimum Gasteiger partial charge on any atom is -0.411 e. The number of fused-ring (bicyclic) bond motifs is 1. The molecule has 78 valence electrons. The Labute approximate surface area is 91.0 Å². The van der Waals surface area contributed by atoms with Gasteiger partial charge >= 0.3 is 0 Å². The second kappa shape index (κ2) is 3.51. The van der Waals surface area contributed by atoms with Gasteiger partial charge in [0, 0.05) is 18.0 Å². The van der Waals surface area contributed by atoms with E-state index in [2.05, 4.69) is 15.2 Å². The third kappa shape index (κ3) is 1.55. The number of aryl methyl sites for hydroxylation is 2. The lowest BCUT2D eigenvalue weighted by Crippen LogP contribution is -1.94. The molecule has 0 aliphatic carbocycles. The van der Waals surface area contributed by atoms with Gasteiger partial charge in [-0.2, -0.15) is 5.10 Å². The van der Waals surface area contributed by atoms with Crippen molar-refractivity contribution in [2.75, 3.05) is 0 Å². The summed E-state index contributed by atoms with van der Waals surface area (Å²) in [5.74, 6) is 0. The first-order valence-electron chi connectivity index (χ1n) is 4.30. The number of aromatic nitrogens is 3. The molecule has 5 nitrogen and oxygen atoms in total. The zero-order valence-electron chi connectivity index (χ0n) is 8.27. The van der Waals surface area contributed by atoms with Crippen LogP contribution in [0.5, 0.6) is 0 Å². The fourth-order valence-electron chi connectivity index (χ4n) is 1.49. The number of halogens is 1. The Bertz CT molecular complexity index is 547. The molecular formula is C9H9ClN4O. The molecule has 0 radical (unpaired) electrons. The van der Waals surface area contributed by atoms with Gasteiger partial charge in [-0.05, 0) is 13.0 Å². The SMILES string of the molecule is Cc1nn(C)c2nc(Cl)c(C=NO)cc12. The maximum Gasteiger partial charge on any atom is 0.159 e. The summed E-state index contributed by atoms with van der Waals surface area (Å²) in [7, 11) is 1.80. The van der Waals surface area contributed by atoms with Crippen LogP contribution in [0.1, 0.15) is 11.3 Å². The molecule has 2 rings (SSSR count). The van der Waals surface area contributed by atoms with E-state index >= 15 is 0 Å². The minimum absolute atomic E-state index is 0.295. The molecule has 0 bridgehead atoms. The van der Waals surface area contributed by atoms with Gasteiger partial charge in [0.2, 0.25) is 0 Å². The highest BCUT2D eigenvalue weighted by Crippen LogP contribution is 2.21. The topological polar surface area (TPSA) is 63.3 Å². The molecule has 0 aromatic carbocycles.